The van der Waals surface area contributed by atoms with Gasteiger partial charge in [0.1, 0.15) is 5.75 Å². The minimum Gasteiger partial charge on any atom is -0.493 e. The summed E-state index contributed by atoms with van der Waals surface area (Å²) in [4.78, 5) is 0. The highest BCUT2D eigenvalue weighted by Gasteiger charge is 2.13. The number of unbranched alkanes of at least 4 members (excludes halogenated alkanes) is 2. The second kappa shape index (κ2) is 10.2. The predicted octanol–water partition coefficient (Wildman–Crippen LogP) is 2.87. The first-order chi connectivity index (χ1) is 10.3. The second-order valence-corrected chi connectivity index (χ2v) is 4.62. The van der Waals surface area contributed by atoms with E-state index >= 15 is 0 Å². The number of hydrogen-bond donors (Lipinski definition) is 1. The van der Waals surface area contributed by atoms with Gasteiger partial charge in [0.15, 0.2) is 11.5 Å². The van der Waals surface area contributed by atoms with Gasteiger partial charge in [-0.3, -0.25) is 0 Å². The third-order valence-electron chi connectivity index (χ3n) is 3.15. The van der Waals surface area contributed by atoms with Crippen molar-refractivity contribution in [2.75, 3.05) is 41.0 Å². The van der Waals surface area contributed by atoms with E-state index in [1.54, 1.807) is 21.3 Å². The summed E-state index contributed by atoms with van der Waals surface area (Å²) in [5.74, 6) is 2.53. The van der Waals surface area contributed by atoms with Crippen LogP contribution < -0.4 is 24.3 Å². The monoisotopic (exact) mass is 297 g/mol. The van der Waals surface area contributed by atoms with E-state index in [-0.39, 0.29) is 0 Å². The molecule has 0 fully saturated rings. The van der Waals surface area contributed by atoms with Crippen molar-refractivity contribution in [3.05, 3.63) is 12.1 Å². The summed E-state index contributed by atoms with van der Waals surface area (Å²) in [6.07, 6.45) is 3.35. The summed E-state index contributed by atoms with van der Waals surface area (Å²) in [5.41, 5.74) is 0. The molecule has 0 aliphatic carbocycles. The van der Waals surface area contributed by atoms with Crippen molar-refractivity contribution in [1.82, 2.24) is 5.32 Å². The molecule has 1 aromatic carbocycles. The second-order valence-electron chi connectivity index (χ2n) is 4.62. The van der Waals surface area contributed by atoms with Crippen LogP contribution in [0.2, 0.25) is 0 Å². The molecule has 0 aliphatic heterocycles. The van der Waals surface area contributed by atoms with E-state index in [4.69, 9.17) is 18.9 Å². The van der Waals surface area contributed by atoms with Crippen LogP contribution >= 0.6 is 0 Å². The maximum absolute atomic E-state index is 5.76. The third kappa shape index (κ3) is 5.71. The fourth-order valence-corrected chi connectivity index (χ4v) is 2.04. The average Bonchev–Trinajstić information content (AvgIpc) is 2.52. The molecule has 0 saturated carbocycles. The highest BCUT2D eigenvalue weighted by molar-refractivity contribution is 5.55. The van der Waals surface area contributed by atoms with Crippen LogP contribution in [0.25, 0.3) is 0 Å². The predicted molar refractivity (Wildman–Crippen MR) is 84.0 cm³/mol. The first-order valence-corrected chi connectivity index (χ1v) is 7.40. The molecule has 0 radical (unpaired) electrons. The summed E-state index contributed by atoms with van der Waals surface area (Å²) in [6, 6.07) is 3.64. The van der Waals surface area contributed by atoms with Crippen molar-refractivity contribution in [1.29, 1.82) is 0 Å². The molecule has 0 aliphatic rings. The SMILES string of the molecule is CCNCCCCCOc1cc(OC)c(OC)c(OC)c1. The van der Waals surface area contributed by atoms with Crippen LogP contribution in [0, 0.1) is 0 Å². The van der Waals surface area contributed by atoms with Gasteiger partial charge in [-0.1, -0.05) is 6.92 Å². The van der Waals surface area contributed by atoms with E-state index in [0.29, 0.717) is 23.9 Å². The van der Waals surface area contributed by atoms with Gasteiger partial charge in [0, 0.05) is 12.1 Å². The number of hydrogen-bond acceptors (Lipinski definition) is 5. The molecule has 0 saturated heterocycles. The lowest BCUT2D eigenvalue weighted by molar-refractivity contribution is 0.291. The van der Waals surface area contributed by atoms with Gasteiger partial charge in [-0.15, -0.1) is 0 Å². The Labute approximate surface area is 127 Å². The van der Waals surface area contributed by atoms with E-state index in [0.717, 1.165) is 31.7 Å². The van der Waals surface area contributed by atoms with Crippen molar-refractivity contribution in [3.8, 4) is 23.0 Å². The van der Waals surface area contributed by atoms with Gasteiger partial charge in [-0.25, -0.2) is 0 Å². The first kappa shape index (κ1) is 17.4. The summed E-state index contributed by atoms with van der Waals surface area (Å²) in [7, 11) is 4.79. The van der Waals surface area contributed by atoms with E-state index in [1.807, 2.05) is 12.1 Å². The molecule has 0 bridgehead atoms. The Morgan fingerprint density at radius 3 is 2.10 bits per heavy atom. The molecule has 1 aromatic rings. The molecule has 0 aromatic heterocycles. The van der Waals surface area contributed by atoms with Crippen LogP contribution in [-0.4, -0.2) is 41.0 Å². The van der Waals surface area contributed by atoms with E-state index in [9.17, 15) is 0 Å². The van der Waals surface area contributed by atoms with Gasteiger partial charge < -0.3 is 24.3 Å². The summed E-state index contributed by atoms with van der Waals surface area (Å²) in [6.45, 7) is 4.90. The van der Waals surface area contributed by atoms with Crippen molar-refractivity contribution in [3.63, 3.8) is 0 Å². The van der Waals surface area contributed by atoms with Gasteiger partial charge in [0.2, 0.25) is 5.75 Å². The smallest absolute Gasteiger partial charge is 0.203 e. The average molecular weight is 297 g/mol. The van der Waals surface area contributed by atoms with Crippen LogP contribution in [0.5, 0.6) is 23.0 Å². The maximum atomic E-state index is 5.76. The van der Waals surface area contributed by atoms with Crippen molar-refractivity contribution < 1.29 is 18.9 Å². The summed E-state index contributed by atoms with van der Waals surface area (Å²) >= 11 is 0. The molecule has 0 atom stereocenters. The molecule has 21 heavy (non-hydrogen) atoms. The van der Waals surface area contributed by atoms with Crippen LogP contribution in [-0.2, 0) is 0 Å². The Hall–Kier alpha value is -1.62. The van der Waals surface area contributed by atoms with Crippen LogP contribution in [0.4, 0.5) is 0 Å². The lowest BCUT2D eigenvalue weighted by atomic mass is 10.2. The molecule has 0 amide bonds. The Balaban J connectivity index is 2.48. The Morgan fingerprint density at radius 2 is 1.57 bits per heavy atom. The number of nitrogens with one attached hydrogen (secondary N) is 1. The van der Waals surface area contributed by atoms with Gasteiger partial charge in [-0.2, -0.15) is 0 Å². The van der Waals surface area contributed by atoms with E-state index < -0.39 is 0 Å². The molecular formula is C16H27NO4. The molecule has 1 rings (SSSR count). The van der Waals surface area contributed by atoms with Gasteiger partial charge in [0.25, 0.3) is 0 Å². The molecule has 0 spiro atoms. The van der Waals surface area contributed by atoms with E-state index in [2.05, 4.69) is 12.2 Å². The minimum absolute atomic E-state index is 0.581. The highest BCUT2D eigenvalue weighted by Crippen LogP contribution is 2.40. The maximum Gasteiger partial charge on any atom is 0.203 e. The molecule has 0 unspecified atom stereocenters. The largest absolute Gasteiger partial charge is 0.493 e. The topological polar surface area (TPSA) is 49.0 Å². The minimum atomic E-state index is 0.581. The first-order valence-electron chi connectivity index (χ1n) is 7.40. The summed E-state index contributed by atoms with van der Waals surface area (Å²) < 4.78 is 21.6. The van der Waals surface area contributed by atoms with Crippen LogP contribution in [0.1, 0.15) is 26.2 Å². The zero-order valence-electron chi connectivity index (χ0n) is 13.5. The summed E-state index contributed by atoms with van der Waals surface area (Å²) in [5, 5.41) is 3.31. The van der Waals surface area contributed by atoms with Crippen LogP contribution in [0.15, 0.2) is 12.1 Å². The fourth-order valence-electron chi connectivity index (χ4n) is 2.04. The molecular weight excluding hydrogens is 270 g/mol. The third-order valence-corrected chi connectivity index (χ3v) is 3.15. The molecule has 5 heteroatoms. The fraction of sp³-hybridized carbons (Fsp3) is 0.625. The molecule has 120 valence electrons. The lowest BCUT2D eigenvalue weighted by Gasteiger charge is -2.14. The quantitative estimate of drug-likeness (QED) is 0.636. The number of methoxy groups -OCH3 is 3. The molecule has 0 heterocycles. The highest BCUT2D eigenvalue weighted by atomic mass is 16.5. The standard InChI is InChI=1S/C16H27NO4/c1-5-17-9-7-6-8-10-21-13-11-14(18-2)16(20-4)15(12-13)19-3/h11-12,17H,5-10H2,1-4H3. The van der Waals surface area contributed by atoms with E-state index in [1.165, 1.54) is 6.42 Å². The van der Waals surface area contributed by atoms with Crippen molar-refractivity contribution >= 4 is 0 Å². The van der Waals surface area contributed by atoms with Crippen molar-refractivity contribution in [2.45, 2.75) is 26.2 Å². The van der Waals surface area contributed by atoms with Gasteiger partial charge in [-0.05, 0) is 32.4 Å². The van der Waals surface area contributed by atoms with Gasteiger partial charge >= 0.3 is 0 Å². The van der Waals surface area contributed by atoms with Crippen LogP contribution in [0.3, 0.4) is 0 Å². The molecule has 5 nitrogen and oxygen atoms in total. The number of ether oxygens (including phenoxy) is 4. The number of benzene rings is 1. The Morgan fingerprint density at radius 1 is 0.905 bits per heavy atom. The Bertz CT molecular complexity index is 384. The molecule has 1 N–H and O–H groups in total. The zero-order chi connectivity index (χ0) is 15.5. The lowest BCUT2D eigenvalue weighted by Crippen LogP contribution is -2.14. The van der Waals surface area contributed by atoms with Crippen molar-refractivity contribution in [2.24, 2.45) is 0 Å². The van der Waals surface area contributed by atoms with Gasteiger partial charge in [0.05, 0.1) is 27.9 Å². The zero-order valence-corrected chi connectivity index (χ0v) is 13.5. The Kier molecular flexibility index (Phi) is 8.43. The normalized spacial score (nSPS) is 10.3. The number of rotatable bonds is 11.